The van der Waals surface area contributed by atoms with Crippen molar-refractivity contribution in [3.63, 3.8) is 0 Å². The van der Waals surface area contributed by atoms with E-state index in [4.69, 9.17) is 9.84 Å². The first-order valence-corrected chi connectivity index (χ1v) is 11.0. The summed E-state index contributed by atoms with van der Waals surface area (Å²) < 4.78 is 5.84. The molecule has 4 rings (SSSR count). The van der Waals surface area contributed by atoms with E-state index in [1.165, 1.54) is 0 Å². The highest BCUT2D eigenvalue weighted by atomic mass is 16.5. The average Bonchev–Trinajstić information content (AvgIpc) is 3.16. The molecule has 1 aliphatic rings. The number of hydrogen-bond acceptors (Lipinski definition) is 4. The van der Waals surface area contributed by atoms with Crippen molar-refractivity contribution >= 4 is 11.9 Å². The van der Waals surface area contributed by atoms with E-state index in [2.05, 4.69) is 0 Å². The summed E-state index contributed by atoms with van der Waals surface area (Å²) in [7, 11) is 0. The summed E-state index contributed by atoms with van der Waals surface area (Å²) in [6.07, 6.45) is -0.620. The molecule has 2 N–H and O–H groups in total. The molecule has 0 aromatic heterocycles. The zero-order valence-electron chi connectivity index (χ0n) is 18.3. The molecule has 0 aliphatic heterocycles. The van der Waals surface area contributed by atoms with E-state index in [-0.39, 0.29) is 25.3 Å². The highest BCUT2D eigenvalue weighted by molar-refractivity contribution is 5.81. The highest BCUT2D eigenvalue weighted by Gasteiger charge is 2.37. The molecule has 1 amide bonds. The van der Waals surface area contributed by atoms with Gasteiger partial charge in [0.25, 0.3) is 0 Å². The lowest BCUT2D eigenvalue weighted by molar-refractivity contribution is -0.143. The van der Waals surface area contributed by atoms with Gasteiger partial charge in [0.15, 0.2) is 0 Å². The van der Waals surface area contributed by atoms with Crippen LogP contribution in [0, 0.1) is 0 Å². The van der Waals surface area contributed by atoms with Crippen LogP contribution in [0.5, 0.6) is 5.75 Å². The molecular formula is C27H27NO5. The van der Waals surface area contributed by atoms with Gasteiger partial charge in [-0.1, -0.05) is 66.7 Å². The van der Waals surface area contributed by atoms with E-state index in [0.717, 1.165) is 28.0 Å². The number of carbonyl (C=O) groups excluding carboxylic acids is 1. The lowest BCUT2D eigenvalue weighted by Crippen LogP contribution is -2.38. The van der Waals surface area contributed by atoms with Gasteiger partial charge in [-0.15, -0.1) is 0 Å². The van der Waals surface area contributed by atoms with Gasteiger partial charge in [-0.3, -0.25) is 9.59 Å². The van der Waals surface area contributed by atoms with E-state index in [0.29, 0.717) is 13.0 Å². The van der Waals surface area contributed by atoms with Gasteiger partial charge in [0.05, 0.1) is 18.6 Å². The lowest BCUT2D eigenvalue weighted by atomic mass is 10.0. The minimum Gasteiger partial charge on any atom is -0.489 e. The fraction of sp³-hybridized carbons (Fsp3) is 0.259. The van der Waals surface area contributed by atoms with E-state index in [9.17, 15) is 14.7 Å². The number of rotatable bonds is 9. The number of nitrogens with zero attached hydrogens (tertiary/aromatic N) is 1. The number of hydrogen-bond donors (Lipinski definition) is 2. The molecule has 0 heterocycles. The van der Waals surface area contributed by atoms with Crippen molar-refractivity contribution in [2.75, 3.05) is 0 Å². The number of fused-ring (bicyclic) bond motifs is 1. The molecule has 3 aromatic rings. The van der Waals surface area contributed by atoms with Crippen molar-refractivity contribution in [2.45, 2.75) is 44.6 Å². The van der Waals surface area contributed by atoms with Crippen molar-refractivity contribution < 1.29 is 24.5 Å². The molecule has 0 radical (unpaired) electrons. The zero-order chi connectivity index (χ0) is 23.2. The van der Waals surface area contributed by atoms with Crippen LogP contribution in [0.1, 0.15) is 41.1 Å². The zero-order valence-corrected chi connectivity index (χ0v) is 18.3. The van der Waals surface area contributed by atoms with Gasteiger partial charge in [-0.05, 0) is 34.4 Å². The third kappa shape index (κ3) is 5.59. The molecule has 0 fully saturated rings. The first kappa shape index (κ1) is 22.6. The first-order chi connectivity index (χ1) is 16.0. The number of amides is 1. The third-order valence-electron chi connectivity index (χ3n) is 5.90. The smallest absolute Gasteiger partial charge is 0.303 e. The molecule has 0 saturated heterocycles. The van der Waals surface area contributed by atoms with Crippen LogP contribution in [0.25, 0.3) is 0 Å². The molecule has 6 nitrogen and oxygen atoms in total. The van der Waals surface area contributed by atoms with Gasteiger partial charge in [-0.25, -0.2) is 0 Å². The van der Waals surface area contributed by atoms with Gasteiger partial charge in [0.1, 0.15) is 12.4 Å². The Labute approximate surface area is 193 Å². The lowest BCUT2D eigenvalue weighted by Gasteiger charge is -2.32. The van der Waals surface area contributed by atoms with Crippen LogP contribution in [-0.2, 0) is 29.2 Å². The number of aliphatic hydroxyl groups excluding tert-OH is 1. The summed E-state index contributed by atoms with van der Waals surface area (Å²) in [5.74, 6) is -0.587. The highest BCUT2D eigenvalue weighted by Crippen LogP contribution is 2.37. The molecule has 0 bridgehead atoms. The Morgan fingerprint density at radius 1 is 0.879 bits per heavy atom. The SMILES string of the molecule is O=C(O)CCC(=O)N(Cc1ccc(OCc2ccccc2)cc1)[C@H]1c2ccccc2C[C@H]1O. The number of carboxylic acids is 1. The predicted octanol–water partition coefficient (Wildman–Crippen LogP) is 4.12. The molecule has 3 aromatic carbocycles. The second-order valence-corrected chi connectivity index (χ2v) is 8.25. The fourth-order valence-corrected chi connectivity index (χ4v) is 4.26. The quantitative estimate of drug-likeness (QED) is 0.517. The topological polar surface area (TPSA) is 87.1 Å². The van der Waals surface area contributed by atoms with E-state index >= 15 is 0 Å². The molecule has 0 unspecified atom stereocenters. The predicted molar refractivity (Wildman–Crippen MR) is 124 cm³/mol. The standard InChI is InChI=1S/C27H27NO5/c29-24-16-21-8-4-5-9-23(21)27(24)28(25(30)14-15-26(31)32)17-19-10-12-22(13-11-19)33-18-20-6-2-1-3-7-20/h1-13,24,27,29H,14-18H2,(H,31,32)/t24-,27+/m1/s1. The van der Waals surface area contributed by atoms with E-state index in [1.54, 1.807) is 4.90 Å². The first-order valence-electron chi connectivity index (χ1n) is 11.0. The van der Waals surface area contributed by atoms with Gasteiger partial charge in [0, 0.05) is 19.4 Å². The van der Waals surface area contributed by atoms with Crippen LogP contribution in [-0.4, -0.2) is 33.1 Å². The molecule has 0 spiro atoms. The average molecular weight is 446 g/mol. The molecule has 33 heavy (non-hydrogen) atoms. The van der Waals surface area contributed by atoms with Crippen molar-refractivity contribution in [1.29, 1.82) is 0 Å². The van der Waals surface area contributed by atoms with Crippen LogP contribution >= 0.6 is 0 Å². The summed E-state index contributed by atoms with van der Waals surface area (Å²) in [6, 6.07) is 24.6. The largest absolute Gasteiger partial charge is 0.489 e. The monoisotopic (exact) mass is 445 g/mol. The van der Waals surface area contributed by atoms with Crippen molar-refractivity contribution in [1.82, 2.24) is 4.90 Å². The van der Waals surface area contributed by atoms with E-state index < -0.39 is 18.1 Å². The maximum atomic E-state index is 13.0. The van der Waals surface area contributed by atoms with Gasteiger partial charge < -0.3 is 19.8 Å². The summed E-state index contributed by atoms with van der Waals surface area (Å²) in [4.78, 5) is 25.7. The second kappa shape index (κ2) is 10.3. The van der Waals surface area contributed by atoms with Crippen LogP contribution in [0.3, 0.4) is 0 Å². The Morgan fingerprint density at radius 3 is 2.30 bits per heavy atom. The Balaban J connectivity index is 1.50. The summed E-state index contributed by atoms with van der Waals surface area (Å²) >= 11 is 0. The minimum atomic E-state index is -1.02. The fourth-order valence-electron chi connectivity index (χ4n) is 4.26. The maximum absolute atomic E-state index is 13.0. The number of ether oxygens (including phenoxy) is 1. The number of carboxylic acid groups (broad SMARTS) is 1. The van der Waals surface area contributed by atoms with Crippen LogP contribution in [0.2, 0.25) is 0 Å². The summed E-state index contributed by atoms with van der Waals surface area (Å²) in [5, 5.41) is 19.8. The second-order valence-electron chi connectivity index (χ2n) is 8.25. The number of benzene rings is 3. The molecule has 0 saturated carbocycles. The number of carbonyl (C=O) groups is 2. The Hall–Kier alpha value is -3.64. The minimum absolute atomic E-state index is 0.112. The Bertz CT molecular complexity index is 1100. The van der Waals surface area contributed by atoms with Crippen molar-refractivity contribution in [3.05, 3.63) is 101 Å². The van der Waals surface area contributed by atoms with Crippen molar-refractivity contribution in [3.8, 4) is 5.75 Å². The Morgan fingerprint density at radius 2 is 1.58 bits per heavy atom. The number of aliphatic carboxylic acids is 1. The van der Waals surface area contributed by atoms with Crippen LogP contribution in [0.15, 0.2) is 78.9 Å². The molecule has 170 valence electrons. The van der Waals surface area contributed by atoms with Crippen LogP contribution in [0.4, 0.5) is 0 Å². The molecule has 2 atom stereocenters. The van der Waals surface area contributed by atoms with Gasteiger partial charge >= 0.3 is 5.97 Å². The molecule has 6 heteroatoms. The summed E-state index contributed by atoms with van der Waals surface area (Å²) in [6.45, 7) is 0.735. The normalized spacial score (nSPS) is 16.8. The maximum Gasteiger partial charge on any atom is 0.303 e. The van der Waals surface area contributed by atoms with Gasteiger partial charge in [-0.2, -0.15) is 0 Å². The molecular weight excluding hydrogens is 418 g/mol. The van der Waals surface area contributed by atoms with Crippen molar-refractivity contribution in [2.24, 2.45) is 0 Å². The molecule has 1 aliphatic carbocycles. The van der Waals surface area contributed by atoms with Crippen LogP contribution < -0.4 is 4.74 Å². The van der Waals surface area contributed by atoms with Gasteiger partial charge in [0.2, 0.25) is 5.91 Å². The Kier molecular flexibility index (Phi) is 7.05. The van der Waals surface area contributed by atoms with E-state index in [1.807, 2.05) is 78.9 Å². The number of aliphatic hydroxyl groups is 1. The third-order valence-corrected chi connectivity index (χ3v) is 5.90. The summed E-state index contributed by atoms with van der Waals surface area (Å²) in [5.41, 5.74) is 3.88.